The van der Waals surface area contributed by atoms with Crippen molar-refractivity contribution in [2.24, 2.45) is 0 Å². The third-order valence-corrected chi connectivity index (χ3v) is 3.38. The fourth-order valence-electron chi connectivity index (χ4n) is 1.90. The molecule has 2 heterocycles. The van der Waals surface area contributed by atoms with E-state index in [0.717, 1.165) is 4.47 Å². The highest BCUT2D eigenvalue weighted by Gasteiger charge is 2.12. The number of hydrogen-bond donors (Lipinski definition) is 1. The van der Waals surface area contributed by atoms with Gasteiger partial charge >= 0.3 is 5.97 Å². The molecule has 2 aromatic heterocycles. The van der Waals surface area contributed by atoms with Gasteiger partial charge in [0.2, 0.25) is 0 Å². The van der Waals surface area contributed by atoms with Crippen LogP contribution in [0.3, 0.4) is 0 Å². The van der Waals surface area contributed by atoms with Crippen molar-refractivity contribution in [2.45, 2.75) is 6.54 Å². The van der Waals surface area contributed by atoms with E-state index in [4.69, 9.17) is 9.63 Å². The summed E-state index contributed by atoms with van der Waals surface area (Å²) in [6.07, 6.45) is 1.39. The van der Waals surface area contributed by atoms with E-state index in [2.05, 4.69) is 26.1 Å². The van der Waals surface area contributed by atoms with Crippen molar-refractivity contribution in [1.29, 1.82) is 0 Å². The van der Waals surface area contributed by atoms with E-state index in [9.17, 15) is 9.59 Å². The van der Waals surface area contributed by atoms with Crippen LogP contribution in [0.25, 0.3) is 10.9 Å². The van der Waals surface area contributed by atoms with Gasteiger partial charge in [0.15, 0.2) is 11.5 Å². The van der Waals surface area contributed by atoms with Gasteiger partial charge in [0.25, 0.3) is 5.56 Å². The van der Waals surface area contributed by atoms with Crippen molar-refractivity contribution in [2.75, 3.05) is 0 Å². The summed E-state index contributed by atoms with van der Waals surface area (Å²) in [5.74, 6) is -0.913. The molecule has 0 unspecified atom stereocenters. The van der Waals surface area contributed by atoms with E-state index in [1.165, 1.54) is 17.0 Å². The zero-order chi connectivity index (χ0) is 15.0. The van der Waals surface area contributed by atoms with Gasteiger partial charge in [-0.25, -0.2) is 9.78 Å². The maximum absolute atomic E-state index is 12.3. The van der Waals surface area contributed by atoms with Gasteiger partial charge in [0.05, 0.1) is 23.8 Å². The fraction of sp³-hybridized carbons (Fsp3) is 0.0769. The zero-order valence-electron chi connectivity index (χ0n) is 10.5. The van der Waals surface area contributed by atoms with Gasteiger partial charge < -0.3 is 9.63 Å². The predicted octanol–water partition coefficient (Wildman–Crippen LogP) is 1.89. The minimum Gasteiger partial charge on any atom is -0.476 e. The molecule has 0 bridgehead atoms. The smallest absolute Gasteiger partial charge is 0.358 e. The number of rotatable bonds is 3. The molecule has 106 valence electrons. The molecule has 3 aromatic rings. The number of carbonyl (C=O) groups is 1. The Morgan fingerprint density at radius 2 is 2.19 bits per heavy atom. The normalized spacial score (nSPS) is 10.9. The van der Waals surface area contributed by atoms with Crippen LogP contribution >= 0.6 is 15.9 Å². The van der Waals surface area contributed by atoms with Crippen LogP contribution in [0.1, 0.15) is 16.2 Å². The minimum absolute atomic E-state index is 0.0641. The van der Waals surface area contributed by atoms with Gasteiger partial charge in [-0.3, -0.25) is 9.36 Å². The van der Waals surface area contributed by atoms with Crippen LogP contribution in [0.5, 0.6) is 0 Å². The van der Waals surface area contributed by atoms with E-state index in [1.54, 1.807) is 18.2 Å². The highest BCUT2D eigenvalue weighted by atomic mass is 79.9. The zero-order valence-corrected chi connectivity index (χ0v) is 12.1. The number of nitrogens with zero attached hydrogens (tertiary/aromatic N) is 3. The first kappa shape index (κ1) is 13.5. The Balaban J connectivity index is 2.02. The van der Waals surface area contributed by atoms with Crippen LogP contribution in [0.15, 0.2) is 44.4 Å². The lowest BCUT2D eigenvalue weighted by atomic mass is 10.2. The quantitative estimate of drug-likeness (QED) is 0.775. The maximum Gasteiger partial charge on any atom is 0.358 e. The molecule has 0 aliphatic rings. The highest BCUT2D eigenvalue weighted by Crippen LogP contribution is 2.15. The van der Waals surface area contributed by atoms with Crippen molar-refractivity contribution in [3.63, 3.8) is 0 Å². The summed E-state index contributed by atoms with van der Waals surface area (Å²) in [6, 6.07) is 6.50. The van der Waals surface area contributed by atoms with Crippen LogP contribution < -0.4 is 5.56 Å². The van der Waals surface area contributed by atoms with Crippen molar-refractivity contribution >= 4 is 32.8 Å². The fourth-order valence-corrected chi connectivity index (χ4v) is 2.26. The highest BCUT2D eigenvalue weighted by molar-refractivity contribution is 9.10. The molecular weight excluding hydrogens is 342 g/mol. The molecule has 0 amide bonds. The number of aromatic nitrogens is 3. The van der Waals surface area contributed by atoms with Crippen LogP contribution in [-0.2, 0) is 6.54 Å². The van der Waals surface area contributed by atoms with Gasteiger partial charge in [-0.2, -0.15) is 0 Å². The molecule has 3 rings (SSSR count). The summed E-state index contributed by atoms with van der Waals surface area (Å²) in [4.78, 5) is 27.3. The average Bonchev–Trinajstić information content (AvgIpc) is 2.91. The van der Waals surface area contributed by atoms with E-state index in [-0.39, 0.29) is 23.6 Å². The van der Waals surface area contributed by atoms with Gasteiger partial charge in [0, 0.05) is 10.5 Å². The standard InChI is InChI=1S/C13H8BrN3O4/c14-7-1-2-10-9(3-7)12(18)17(6-15-10)5-8-4-11(13(19)20)16-21-8/h1-4,6H,5H2,(H,19,20). The van der Waals surface area contributed by atoms with Gasteiger partial charge in [-0.05, 0) is 18.2 Å². The Bertz CT molecular complexity index is 900. The van der Waals surface area contributed by atoms with Gasteiger partial charge in [-0.1, -0.05) is 21.1 Å². The Morgan fingerprint density at radius 1 is 1.38 bits per heavy atom. The average molecular weight is 350 g/mol. The first-order valence-corrected chi connectivity index (χ1v) is 6.67. The number of halogens is 1. The SMILES string of the molecule is O=C(O)c1cc(Cn2cnc3ccc(Br)cc3c2=O)on1. The summed E-state index contributed by atoms with van der Waals surface area (Å²) in [5.41, 5.74) is 0.146. The lowest BCUT2D eigenvalue weighted by Crippen LogP contribution is -2.21. The second-order valence-electron chi connectivity index (χ2n) is 4.32. The first-order chi connectivity index (χ1) is 10.0. The summed E-state index contributed by atoms with van der Waals surface area (Å²) in [5, 5.41) is 12.6. The Kier molecular flexibility index (Phi) is 3.30. The molecule has 0 radical (unpaired) electrons. The monoisotopic (exact) mass is 349 g/mol. The number of hydrogen-bond acceptors (Lipinski definition) is 5. The molecule has 21 heavy (non-hydrogen) atoms. The molecule has 0 saturated carbocycles. The van der Waals surface area contributed by atoms with Crippen LogP contribution in [0.2, 0.25) is 0 Å². The minimum atomic E-state index is -1.18. The van der Waals surface area contributed by atoms with Crippen molar-refractivity contribution in [3.8, 4) is 0 Å². The molecule has 0 saturated heterocycles. The summed E-state index contributed by atoms with van der Waals surface area (Å²) >= 11 is 3.31. The van der Waals surface area contributed by atoms with Crippen molar-refractivity contribution < 1.29 is 14.4 Å². The summed E-state index contributed by atoms with van der Waals surface area (Å²) in [6.45, 7) is 0.0641. The van der Waals surface area contributed by atoms with E-state index in [0.29, 0.717) is 10.9 Å². The topological polar surface area (TPSA) is 98.2 Å². The maximum atomic E-state index is 12.3. The van der Waals surface area contributed by atoms with Gasteiger partial charge in [0.1, 0.15) is 0 Å². The second-order valence-corrected chi connectivity index (χ2v) is 5.24. The molecule has 0 fully saturated rings. The molecule has 0 aliphatic carbocycles. The largest absolute Gasteiger partial charge is 0.476 e. The van der Waals surface area contributed by atoms with Gasteiger partial charge in [-0.15, -0.1) is 0 Å². The lowest BCUT2D eigenvalue weighted by Gasteiger charge is -2.04. The molecule has 0 aliphatic heterocycles. The number of fused-ring (bicyclic) bond motifs is 1. The molecular formula is C13H8BrN3O4. The molecule has 1 aromatic carbocycles. The molecule has 8 heteroatoms. The molecule has 7 nitrogen and oxygen atoms in total. The summed E-state index contributed by atoms with van der Waals surface area (Å²) < 4.78 is 7.00. The lowest BCUT2D eigenvalue weighted by molar-refractivity contribution is 0.0685. The van der Waals surface area contributed by atoms with E-state index < -0.39 is 5.97 Å². The Labute approximate surface area is 125 Å². The number of benzene rings is 1. The second kappa shape index (κ2) is 5.13. The van der Waals surface area contributed by atoms with Crippen LogP contribution in [0, 0.1) is 0 Å². The van der Waals surface area contributed by atoms with Crippen LogP contribution in [-0.4, -0.2) is 25.8 Å². The van der Waals surface area contributed by atoms with Crippen molar-refractivity contribution in [3.05, 3.63) is 56.9 Å². The van der Waals surface area contributed by atoms with Crippen LogP contribution in [0.4, 0.5) is 0 Å². The van der Waals surface area contributed by atoms with E-state index >= 15 is 0 Å². The number of carboxylic acid groups (broad SMARTS) is 1. The molecule has 0 atom stereocenters. The Morgan fingerprint density at radius 3 is 2.90 bits per heavy atom. The van der Waals surface area contributed by atoms with E-state index in [1.807, 2.05) is 0 Å². The first-order valence-electron chi connectivity index (χ1n) is 5.88. The third-order valence-electron chi connectivity index (χ3n) is 2.89. The van der Waals surface area contributed by atoms with Crippen molar-refractivity contribution in [1.82, 2.24) is 14.7 Å². The number of aromatic carboxylic acids is 1. The summed E-state index contributed by atoms with van der Waals surface area (Å²) in [7, 11) is 0. The number of carboxylic acids is 1. The third kappa shape index (κ3) is 2.57. The Hall–Kier alpha value is -2.48. The molecule has 1 N–H and O–H groups in total. The molecule has 0 spiro atoms. The predicted molar refractivity (Wildman–Crippen MR) is 76.3 cm³/mol.